The minimum atomic E-state index is -1.63. The quantitative estimate of drug-likeness (QED) is 0.830. The van der Waals surface area contributed by atoms with Crippen molar-refractivity contribution in [1.29, 1.82) is 0 Å². The molecular weight excluding hydrogens is 261 g/mol. The first-order valence-electron chi connectivity index (χ1n) is 6.92. The van der Waals surface area contributed by atoms with Crippen LogP contribution in [0.5, 0.6) is 5.75 Å². The number of carbonyl (C=O) groups is 1. The van der Waals surface area contributed by atoms with Gasteiger partial charge in [-0.1, -0.05) is 12.1 Å². The van der Waals surface area contributed by atoms with Crippen molar-refractivity contribution in [2.24, 2.45) is 5.92 Å². The number of benzene rings is 1. The van der Waals surface area contributed by atoms with Crippen molar-refractivity contribution in [1.82, 2.24) is 4.90 Å². The summed E-state index contributed by atoms with van der Waals surface area (Å²) in [4.78, 5) is 13.9. The Morgan fingerprint density at radius 3 is 2.75 bits per heavy atom. The summed E-state index contributed by atoms with van der Waals surface area (Å²) in [7, 11) is 1.60. The highest BCUT2D eigenvalue weighted by Crippen LogP contribution is 2.56. The Kier molecular flexibility index (Phi) is 2.40. The highest BCUT2D eigenvalue weighted by molar-refractivity contribution is 5.90. The van der Waals surface area contributed by atoms with Crippen LogP contribution in [-0.2, 0) is 9.53 Å². The van der Waals surface area contributed by atoms with Gasteiger partial charge in [0.05, 0.1) is 19.8 Å². The molecule has 4 rings (SSSR count). The molecule has 0 radical (unpaired) electrons. The van der Waals surface area contributed by atoms with Gasteiger partial charge in [-0.25, -0.2) is 4.39 Å². The fourth-order valence-corrected chi connectivity index (χ4v) is 3.66. The second-order valence-corrected chi connectivity index (χ2v) is 5.75. The maximum atomic E-state index is 14.5. The number of methoxy groups -OCH3 is 1. The summed E-state index contributed by atoms with van der Waals surface area (Å²) >= 11 is 0. The number of nitrogens with zero attached hydrogens (tertiary/aromatic N) is 1. The van der Waals surface area contributed by atoms with Crippen molar-refractivity contribution in [3.8, 4) is 5.75 Å². The third-order valence-corrected chi connectivity index (χ3v) is 4.90. The number of ether oxygens (including phenoxy) is 2. The largest absolute Gasteiger partial charge is 0.497 e. The van der Waals surface area contributed by atoms with E-state index in [1.165, 1.54) is 0 Å². The second kappa shape index (κ2) is 3.95. The van der Waals surface area contributed by atoms with E-state index in [1.54, 1.807) is 12.0 Å². The zero-order chi connectivity index (χ0) is 13.9. The SMILES string of the molecule is COc1ccc([C@H]2OC[C@@H]3[C@H]4CC[C@@]4(F)C(=O)N23)cc1. The molecule has 4 nitrogen and oxygen atoms in total. The van der Waals surface area contributed by atoms with Gasteiger partial charge in [-0.3, -0.25) is 4.79 Å². The van der Waals surface area contributed by atoms with Crippen molar-refractivity contribution in [3.63, 3.8) is 0 Å². The Morgan fingerprint density at radius 1 is 1.40 bits per heavy atom. The van der Waals surface area contributed by atoms with Gasteiger partial charge in [0.15, 0.2) is 11.9 Å². The summed E-state index contributed by atoms with van der Waals surface area (Å²) in [5.74, 6) is 0.174. The van der Waals surface area contributed by atoms with E-state index in [0.717, 1.165) is 17.7 Å². The van der Waals surface area contributed by atoms with Gasteiger partial charge in [0.1, 0.15) is 5.75 Å². The van der Waals surface area contributed by atoms with Crippen molar-refractivity contribution in [2.75, 3.05) is 13.7 Å². The topological polar surface area (TPSA) is 38.8 Å². The molecule has 1 aromatic rings. The lowest BCUT2D eigenvalue weighted by atomic mass is 9.70. The molecule has 0 bridgehead atoms. The predicted molar refractivity (Wildman–Crippen MR) is 68.9 cm³/mol. The number of hydrogen-bond acceptors (Lipinski definition) is 3. The number of halogens is 1. The molecule has 0 N–H and O–H groups in total. The standard InChI is InChI=1S/C15H16FNO3/c1-19-10-4-2-9(3-5-10)13-17-12(8-20-13)11-6-7-15(11,16)14(17)18/h2-5,11-13H,6-8H2,1H3/t11-,12-,13-,15+/m1/s1. The maximum absolute atomic E-state index is 14.5. The lowest BCUT2D eigenvalue weighted by molar-refractivity contribution is -0.149. The van der Waals surface area contributed by atoms with E-state index in [2.05, 4.69) is 0 Å². The van der Waals surface area contributed by atoms with Gasteiger partial charge in [0, 0.05) is 11.5 Å². The van der Waals surface area contributed by atoms with E-state index in [1.807, 2.05) is 24.3 Å². The minimum absolute atomic E-state index is 0.103. The summed E-state index contributed by atoms with van der Waals surface area (Å²) in [6.07, 6.45) is 0.678. The van der Waals surface area contributed by atoms with E-state index < -0.39 is 17.8 Å². The van der Waals surface area contributed by atoms with Crippen LogP contribution in [0.4, 0.5) is 4.39 Å². The lowest BCUT2D eigenvalue weighted by Crippen LogP contribution is -2.47. The Hall–Kier alpha value is -1.62. The molecule has 3 aliphatic rings. The molecule has 1 saturated carbocycles. The number of carbonyl (C=O) groups excluding carboxylic acids is 1. The van der Waals surface area contributed by atoms with E-state index in [0.29, 0.717) is 13.0 Å². The molecule has 106 valence electrons. The van der Waals surface area contributed by atoms with Crippen LogP contribution in [0.15, 0.2) is 24.3 Å². The Balaban J connectivity index is 1.65. The van der Waals surface area contributed by atoms with E-state index in [9.17, 15) is 9.18 Å². The molecule has 4 atom stereocenters. The first-order chi connectivity index (χ1) is 9.65. The van der Waals surface area contributed by atoms with Crippen molar-refractivity contribution >= 4 is 5.91 Å². The average Bonchev–Trinajstić information content (AvgIpc) is 2.93. The monoisotopic (exact) mass is 277 g/mol. The molecular formula is C15H16FNO3. The summed E-state index contributed by atoms with van der Waals surface area (Å²) in [5, 5.41) is 0. The van der Waals surface area contributed by atoms with Crippen molar-refractivity contribution in [2.45, 2.75) is 30.8 Å². The Bertz CT molecular complexity index is 561. The highest BCUT2D eigenvalue weighted by atomic mass is 19.1. The Labute approximate surface area is 116 Å². The van der Waals surface area contributed by atoms with Crippen LogP contribution in [0.25, 0.3) is 0 Å². The third-order valence-electron chi connectivity index (χ3n) is 4.90. The van der Waals surface area contributed by atoms with Gasteiger partial charge >= 0.3 is 0 Å². The van der Waals surface area contributed by atoms with E-state index in [4.69, 9.17) is 9.47 Å². The molecule has 0 aromatic heterocycles. The fourth-order valence-electron chi connectivity index (χ4n) is 3.66. The smallest absolute Gasteiger partial charge is 0.263 e. The van der Waals surface area contributed by atoms with Crippen LogP contribution in [0.1, 0.15) is 24.6 Å². The van der Waals surface area contributed by atoms with Gasteiger partial charge in [0.2, 0.25) is 0 Å². The normalized spacial score (nSPS) is 38.4. The highest BCUT2D eigenvalue weighted by Gasteiger charge is 2.68. The molecule has 5 heteroatoms. The fraction of sp³-hybridized carbons (Fsp3) is 0.533. The molecule has 1 aromatic carbocycles. The predicted octanol–water partition coefficient (Wildman–Crippen LogP) is 2.05. The second-order valence-electron chi connectivity index (χ2n) is 5.75. The number of rotatable bonds is 2. The molecule has 2 saturated heterocycles. The molecule has 1 amide bonds. The van der Waals surface area contributed by atoms with Crippen LogP contribution in [0, 0.1) is 5.92 Å². The number of hydrogen-bond donors (Lipinski definition) is 0. The van der Waals surface area contributed by atoms with Gasteiger partial charge in [-0.05, 0) is 25.0 Å². The van der Waals surface area contributed by atoms with Crippen LogP contribution < -0.4 is 4.74 Å². The summed E-state index contributed by atoms with van der Waals surface area (Å²) in [6, 6.07) is 7.28. The molecule has 20 heavy (non-hydrogen) atoms. The van der Waals surface area contributed by atoms with Crippen LogP contribution >= 0.6 is 0 Å². The summed E-state index contributed by atoms with van der Waals surface area (Å²) < 4.78 is 25.4. The molecule has 2 aliphatic heterocycles. The van der Waals surface area contributed by atoms with E-state index >= 15 is 0 Å². The maximum Gasteiger partial charge on any atom is 0.263 e. The molecule has 3 fully saturated rings. The minimum Gasteiger partial charge on any atom is -0.497 e. The van der Waals surface area contributed by atoms with Gasteiger partial charge in [-0.15, -0.1) is 0 Å². The summed E-state index contributed by atoms with van der Waals surface area (Å²) in [5.41, 5.74) is -0.759. The van der Waals surface area contributed by atoms with Crippen molar-refractivity contribution < 1.29 is 18.7 Å². The molecule has 2 heterocycles. The third kappa shape index (κ3) is 1.36. The zero-order valence-electron chi connectivity index (χ0n) is 11.2. The average molecular weight is 277 g/mol. The number of alkyl halides is 1. The Morgan fingerprint density at radius 2 is 2.15 bits per heavy atom. The van der Waals surface area contributed by atoms with Gasteiger partial charge in [-0.2, -0.15) is 0 Å². The molecule has 0 spiro atoms. The number of fused-ring (bicyclic) bond motifs is 3. The van der Waals surface area contributed by atoms with Crippen LogP contribution in [0.3, 0.4) is 0 Å². The number of amides is 1. The summed E-state index contributed by atoms with van der Waals surface area (Å²) in [6.45, 7) is 0.429. The first kappa shape index (κ1) is 12.1. The molecule has 0 unspecified atom stereocenters. The first-order valence-corrected chi connectivity index (χ1v) is 6.92. The van der Waals surface area contributed by atoms with E-state index in [-0.39, 0.29) is 12.0 Å². The van der Waals surface area contributed by atoms with Gasteiger partial charge in [0.25, 0.3) is 5.91 Å². The van der Waals surface area contributed by atoms with Crippen LogP contribution in [-0.4, -0.2) is 36.2 Å². The lowest BCUT2D eigenvalue weighted by Gasteiger charge is -2.36. The van der Waals surface area contributed by atoms with Gasteiger partial charge < -0.3 is 14.4 Å². The molecule has 1 aliphatic carbocycles. The van der Waals surface area contributed by atoms with Crippen molar-refractivity contribution in [3.05, 3.63) is 29.8 Å². The zero-order valence-corrected chi connectivity index (χ0v) is 11.2. The van der Waals surface area contributed by atoms with Crippen LogP contribution in [0.2, 0.25) is 0 Å².